The highest BCUT2D eigenvalue weighted by molar-refractivity contribution is 5.79. The highest BCUT2D eigenvalue weighted by Crippen LogP contribution is 2.26. The first-order valence-corrected chi connectivity index (χ1v) is 8.71. The zero-order chi connectivity index (χ0) is 17.1. The smallest absolute Gasteiger partial charge is 0.317 e. The molecule has 1 atom stereocenters. The molecule has 0 saturated carbocycles. The predicted octanol–water partition coefficient (Wildman–Crippen LogP) is 3.93. The van der Waals surface area contributed by atoms with Crippen LogP contribution in [-0.4, -0.2) is 29.0 Å². The van der Waals surface area contributed by atoms with Crippen molar-refractivity contribution in [2.75, 3.05) is 13.1 Å². The lowest BCUT2D eigenvalue weighted by molar-refractivity contribution is 0.208. The molecule has 126 valence electrons. The van der Waals surface area contributed by atoms with E-state index in [9.17, 15) is 4.79 Å². The van der Waals surface area contributed by atoms with Crippen LogP contribution in [0.1, 0.15) is 23.5 Å². The van der Waals surface area contributed by atoms with Gasteiger partial charge in [0.2, 0.25) is 0 Å². The summed E-state index contributed by atoms with van der Waals surface area (Å²) in [6, 6.07) is 20.5. The van der Waals surface area contributed by atoms with E-state index in [1.165, 1.54) is 5.56 Å². The number of rotatable bonds is 3. The maximum absolute atomic E-state index is 12.5. The molecule has 3 aromatic rings. The Morgan fingerprint density at radius 1 is 1.12 bits per heavy atom. The zero-order valence-corrected chi connectivity index (χ0v) is 14.1. The summed E-state index contributed by atoms with van der Waals surface area (Å²) >= 11 is 0. The second-order valence-corrected chi connectivity index (χ2v) is 6.53. The highest BCUT2D eigenvalue weighted by atomic mass is 16.2. The molecule has 1 aliphatic heterocycles. The molecule has 4 nitrogen and oxygen atoms in total. The van der Waals surface area contributed by atoms with Crippen LogP contribution in [0.2, 0.25) is 0 Å². The largest absolute Gasteiger partial charge is 0.334 e. The number of likely N-dealkylation sites (tertiary alicyclic amines) is 1. The monoisotopic (exact) mass is 331 g/mol. The molecule has 2 aromatic carbocycles. The highest BCUT2D eigenvalue weighted by Gasteiger charge is 2.26. The summed E-state index contributed by atoms with van der Waals surface area (Å²) in [5, 5.41) is 4.14. The summed E-state index contributed by atoms with van der Waals surface area (Å²) in [6.45, 7) is 2.14. The van der Waals surface area contributed by atoms with Gasteiger partial charge in [0.15, 0.2) is 0 Å². The minimum atomic E-state index is 0.0183. The number of aromatic nitrogens is 1. The van der Waals surface area contributed by atoms with Crippen LogP contribution in [0.25, 0.3) is 10.9 Å². The standard InChI is InChI=1S/C21H21N3O/c25-21(24-12-10-19(15-24)17-5-2-1-3-6-17)23-14-16-8-9-20-18(13-16)7-4-11-22-20/h1-9,11,13,19H,10,12,14-15H2,(H,23,25)/t19-/m1/s1. The van der Waals surface area contributed by atoms with Gasteiger partial charge in [-0.05, 0) is 35.7 Å². The van der Waals surface area contributed by atoms with E-state index in [2.05, 4.69) is 40.6 Å². The van der Waals surface area contributed by atoms with Crippen molar-refractivity contribution < 1.29 is 4.79 Å². The molecule has 0 aliphatic carbocycles. The van der Waals surface area contributed by atoms with Crippen LogP contribution in [0.15, 0.2) is 66.9 Å². The third-order valence-electron chi connectivity index (χ3n) is 4.86. The molecule has 2 amide bonds. The molecule has 4 rings (SSSR count). The first-order valence-electron chi connectivity index (χ1n) is 8.71. The van der Waals surface area contributed by atoms with Gasteiger partial charge in [0, 0.05) is 37.1 Å². The second-order valence-electron chi connectivity index (χ2n) is 6.53. The fraction of sp³-hybridized carbons (Fsp3) is 0.238. The van der Waals surface area contributed by atoms with Gasteiger partial charge in [-0.2, -0.15) is 0 Å². The van der Waals surface area contributed by atoms with E-state index < -0.39 is 0 Å². The molecule has 0 radical (unpaired) electrons. The van der Waals surface area contributed by atoms with Crippen LogP contribution in [0.5, 0.6) is 0 Å². The summed E-state index contributed by atoms with van der Waals surface area (Å²) in [7, 11) is 0. The Hall–Kier alpha value is -2.88. The number of benzene rings is 2. The number of carbonyl (C=O) groups excluding carboxylic acids is 1. The van der Waals surface area contributed by atoms with Crippen molar-refractivity contribution in [1.29, 1.82) is 0 Å². The summed E-state index contributed by atoms with van der Waals surface area (Å²) in [5.74, 6) is 0.443. The molecule has 0 bridgehead atoms. The van der Waals surface area contributed by atoms with Gasteiger partial charge in [0.1, 0.15) is 0 Å². The Bertz CT molecular complexity index is 878. The van der Waals surface area contributed by atoms with Crippen LogP contribution in [0.4, 0.5) is 4.79 Å². The van der Waals surface area contributed by atoms with E-state index in [4.69, 9.17) is 0 Å². The number of hydrogen-bond donors (Lipinski definition) is 1. The first kappa shape index (κ1) is 15.6. The van der Waals surface area contributed by atoms with Crippen molar-refractivity contribution in [3.05, 3.63) is 78.0 Å². The third kappa shape index (κ3) is 3.48. The van der Waals surface area contributed by atoms with E-state index >= 15 is 0 Å². The summed E-state index contributed by atoms with van der Waals surface area (Å²) < 4.78 is 0. The molecule has 1 aromatic heterocycles. The molecular formula is C21H21N3O. The van der Waals surface area contributed by atoms with Gasteiger partial charge in [-0.25, -0.2) is 4.79 Å². The number of hydrogen-bond acceptors (Lipinski definition) is 2. The van der Waals surface area contributed by atoms with Crippen molar-refractivity contribution in [3.63, 3.8) is 0 Å². The first-order chi connectivity index (χ1) is 12.3. The second kappa shape index (κ2) is 6.93. The average molecular weight is 331 g/mol. The van der Waals surface area contributed by atoms with Crippen molar-refractivity contribution in [1.82, 2.24) is 15.2 Å². The predicted molar refractivity (Wildman–Crippen MR) is 99.4 cm³/mol. The van der Waals surface area contributed by atoms with Gasteiger partial charge >= 0.3 is 6.03 Å². The SMILES string of the molecule is O=C(NCc1ccc2ncccc2c1)N1CC[C@@H](c2ccccc2)C1. The molecule has 0 unspecified atom stereocenters. The number of nitrogens with zero attached hydrogens (tertiary/aromatic N) is 2. The van der Waals surface area contributed by atoms with Gasteiger partial charge in [0.05, 0.1) is 5.52 Å². The van der Waals surface area contributed by atoms with Crippen molar-refractivity contribution >= 4 is 16.9 Å². The lowest BCUT2D eigenvalue weighted by Gasteiger charge is -2.17. The van der Waals surface area contributed by atoms with Crippen LogP contribution in [-0.2, 0) is 6.54 Å². The number of nitrogens with one attached hydrogen (secondary N) is 1. The molecule has 25 heavy (non-hydrogen) atoms. The van der Waals surface area contributed by atoms with Gasteiger partial charge in [-0.1, -0.05) is 42.5 Å². The molecule has 4 heteroatoms. The van der Waals surface area contributed by atoms with Crippen LogP contribution < -0.4 is 5.32 Å². The molecule has 1 aliphatic rings. The third-order valence-corrected chi connectivity index (χ3v) is 4.86. The number of pyridine rings is 1. The van der Waals surface area contributed by atoms with Crippen molar-refractivity contribution in [2.45, 2.75) is 18.9 Å². The summed E-state index contributed by atoms with van der Waals surface area (Å²) in [6.07, 6.45) is 2.82. The number of urea groups is 1. The van der Waals surface area contributed by atoms with Gasteiger partial charge in [-0.15, -0.1) is 0 Å². The topological polar surface area (TPSA) is 45.2 Å². The van der Waals surface area contributed by atoms with E-state index in [1.807, 2.05) is 35.2 Å². The van der Waals surface area contributed by atoms with E-state index in [0.717, 1.165) is 36.0 Å². The maximum atomic E-state index is 12.5. The van der Waals surface area contributed by atoms with Crippen molar-refractivity contribution in [3.8, 4) is 0 Å². The van der Waals surface area contributed by atoms with E-state index in [0.29, 0.717) is 12.5 Å². The van der Waals surface area contributed by atoms with Gasteiger partial charge in [-0.3, -0.25) is 4.98 Å². The molecule has 2 heterocycles. The van der Waals surface area contributed by atoms with Gasteiger partial charge in [0.25, 0.3) is 0 Å². The van der Waals surface area contributed by atoms with Crippen molar-refractivity contribution in [2.24, 2.45) is 0 Å². The van der Waals surface area contributed by atoms with Crippen LogP contribution in [0, 0.1) is 0 Å². The van der Waals surface area contributed by atoms with Crippen LogP contribution >= 0.6 is 0 Å². The molecule has 1 fully saturated rings. The molecule has 0 spiro atoms. The summed E-state index contributed by atoms with van der Waals surface area (Å²) in [4.78, 5) is 18.7. The normalized spacial score (nSPS) is 17.0. The average Bonchev–Trinajstić information content (AvgIpc) is 3.17. The Kier molecular flexibility index (Phi) is 4.34. The zero-order valence-electron chi connectivity index (χ0n) is 14.1. The fourth-order valence-electron chi connectivity index (χ4n) is 3.47. The molecule has 1 N–H and O–H groups in total. The number of fused-ring (bicyclic) bond motifs is 1. The molecular weight excluding hydrogens is 310 g/mol. The lowest BCUT2D eigenvalue weighted by atomic mass is 9.99. The minimum Gasteiger partial charge on any atom is -0.334 e. The Balaban J connectivity index is 1.36. The van der Waals surface area contributed by atoms with E-state index in [-0.39, 0.29) is 6.03 Å². The maximum Gasteiger partial charge on any atom is 0.317 e. The van der Waals surface area contributed by atoms with Gasteiger partial charge < -0.3 is 10.2 Å². The Labute approximate surface area is 147 Å². The fourth-order valence-corrected chi connectivity index (χ4v) is 3.47. The number of amides is 2. The van der Waals surface area contributed by atoms with Crippen LogP contribution in [0.3, 0.4) is 0 Å². The Morgan fingerprint density at radius 3 is 2.88 bits per heavy atom. The summed E-state index contributed by atoms with van der Waals surface area (Å²) in [5.41, 5.74) is 3.38. The minimum absolute atomic E-state index is 0.0183. The Morgan fingerprint density at radius 2 is 2.00 bits per heavy atom. The molecule has 1 saturated heterocycles. The quantitative estimate of drug-likeness (QED) is 0.790. The lowest BCUT2D eigenvalue weighted by Crippen LogP contribution is -2.37. The number of carbonyl (C=O) groups is 1. The van der Waals surface area contributed by atoms with E-state index in [1.54, 1.807) is 6.20 Å².